The van der Waals surface area contributed by atoms with E-state index in [1.807, 2.05) is 18.2 Å². The summed E-state index contributed by atoms with van der Waals surface area (Å²) >= 11 is 1.60. The van der Waals surface area contributed by atoms with Crippen molar-refractivity contribution < 1.29 is 9.47 Å². The van der Waals surface area contributed by atoms with Gasteiger partial charge in [-0.25, -0.2) is 9.97 Å². The fourth-order valence-electron chi connectivity index (χ4n) is 4.86. The number of likely N-dealkylation sites (tertiary alicyclic amines) is 1. The smallest absolute Gasteiger partial charge is 0.183 e. The Labute approximate surface area is 214 Å². The van der Waals surface area contributed by atoms with Gasteiger partial charge in [0, 0.05) is 53.5 Å². The summed E-state index contributed by atoms with van der Waals surface area (Å²) in [7, 11) is 1.68. The van der Waals surface area contributed by atoms with E-state index in [2.05, 4.69) is 77.1 Å². The molecule has 0 amide bonds. The van der Waals surface area contributed by atoms with Crippen LogP contribution in [0.4, 0.5) is 5.13 Å². The minimum atomic E-state index is 0.0787. The van der Waals surface area contributed by atoms with Crippen LogP contribution in [0.3, 0.4) is 0 Å². The van der Waals surface area contributed by atoms with Gasteiger partial charge < -0.3 is 14.8 Å². The molecule has 3 heterocycles. The largest absolute Gasteiger partial charge is 0.497 e. The van der Waals surface area contributed by atoms with Crippen LogP contribution in [-0.2, 0) is 0 Å². The summed E-state index contributed by atoms with van der Waals surface area (Å²) in [5.41, 5.74) is 2.76. The fourth-order valence-corrected chi connectivity index (χ4v) is 5.71. The normalized spacial score (nSPS) is 19.5. The number of ether oxygens (including phenoxy) is 2. The zero-order chi connectivity index (χ0) is 25.5. The molecular formula is C28H40N4O2S. The Kier molecular flexibility index (Phi) is 7.04. The molecule has 0 spiro atoms. The highest BCUT2D eigenvalue weighted by Gasteiger charge is 2.44. The molecule has 35 heavy (non-hydrogen) atoms. The first-order valence-electron chi connectivity index (χ1n) is 12.5. The lowest BCUT2D eigenvalue weighted by atomic mass is 9.83. The maximum atomic E-state index is 6.78. The van der Waals surface area contributed by atoms with Crippen molar-refractivity contribution in [2.45, 2.75) is 85.5 Å². The Balaban J connectivity index is 1.72. The molecule has 1 N–H and O–H groups in total. The topological polar surface area (TPSA) is 59.5 Å². The van der Waals surface area contributed by atoms with Crippen molar-refractivity contribution in [2.24, 2.45) is 5.41 Å². The number of nitrogens with zero attached hydrogens (tertiary/aromatic N) is 3. The van der Waals surface area contributed by atoms with Crippen molar-refractivity contribution in [3.8, 4) is 22.9 Å². The van der Waals surface area contributed by atoms with Crippen LogP contribution in [0.1, 0.15) is 61.8 Å². The lowest BCUT2D eigenvalue weighted by molar-refractivity contribution is 0.0559. The molecule has 6 nitrogen and oxygen atoms in total. The van der Waals surface area contributed by atoms with E-state index in [1.165, 1.54) is 0 Å². The third kappa shape index (κ3) is 5.72. The molecule has 3 aromatic rings. The first-order valence-corrected chi connectivity index (χ1v) is 13.4. The minimum absolute atomic E-state index is 0.0787. The van der Waals surface area contributed by atoms with E-state index in [9.17, 15) is 0 Å². The van der Waals surface area contributed by atoms with Crippen molar-refractivity contribution in [3.05, 3.63) is 29.6 Å². The third-order valence-electron chi connectivity index (χ3n) is 6.58. The Hall–Kier alpha value is -2.38. The Morgan fingerprint density at radius 1 is 1.06 bits per heavy atom. The maximum absolute atomic E-state index is 6.78. The summed E-state index contributed by atoms with van der Waals surface area (Å²) in [6.07, 6.45) is 1.10. The third-order valence-corrected chi connectivity index (χ3v) is 7.35. The highest BCUT2D eigenvalue weighted by Crippen LogP contribution is 2.40. The molecule has 0 aliphatic carbocycles. The molecule has 4 rings (SSSR count). The Morgan fingerprint density at radius 3 is 2.40 bits per heavy atom. The molecule has 2 aromatic heterocycles. The number of nitrogens with one attached hydrogen (secondary N) is 1. The number of methoxy groups -OCH3 is 1. The molecule has 0 saturated carbocycles. The number of aromatic nitrogens is 2. The number of hydrogen-bond donors (Lipinski definition) is 1. The number of benzene rings is 1. The predicted octanol–water partition coefficient (Wildman–Crippen LogP) is 6.85. The SMILES string of the molecule is COc1ccc2c(OC3CC(C(C)(C)C)N(C(C)(C)C)C3)cc(-c3csc(NC(C)C)n3)nc2c1. The zero-order valence-electron chi connectivity index (χ0n) is 22.6. The molecule has 1 aliphatic heterocycles. The van der Waals surface area contributed by atoms with Gasteiger partial charge in [0.25, 0.3) is 0 Å². The van der Waals surface area contributed by atoms with Crippen molar-refractivity contribution in [3.63, 3.8) is 0 Å². The van der Waals surface area contributed by atoms with Crippen molar-refractivity contribution in [1.29, 1.82) is 0 Å². The maximum Gasteiger partial charge on any atom is 0.183 e. The van der Waals surface area contributed by atoms with E-state index in [4.69, 9.17) is 19.4 Å². The summed E-state index contributed by atoms with van der Waals surface area (Å²) < 4.78 is 12.3. The number of fused-ring (bicyclic) bond motifs is 1. The monoisotopic (exact) mass is 496 g/mol. The van der Waals surface area contributed by atoms with Crippen LogP contribution < -0.4 is 14.8 Å². The molecule has 1 fully saturated rings. The second-order valence-electron chi connectivity index (χ2n) is 11.9. The average molecular weight is 497 g/mol. The second-order valence-corrected chi connectivity index (χ2v) is 12.8. The Morgan fingerprint density at radius 2 is 1.80 bits per heavy atom. The number of pyridine rings is 1. The summed E-state index contributed by atoms with van der Waals surface area (Å²) in [5, 5.41) is 7.33. The van der Waals surface area contributed by atoms with Crippen molar-refractivity contribution in [2.75, 3.05) is 19.0 Å². The number of thiazole rings is 1. The van der Waals surface area contributed by atoms with Crippen LogP contribution in [0.5, 0.6) is 11.5 Å². The first kappa shape index (κ1) is 25.7. The molecule has 2 atom stereocenters. The van der Waals surface area contributed by atoms with Gasteiger partial charge in [-0.2, -0.15) is 0 Å². The Bertz CT molecular complexity index is 1150. The molecule has 1 aromatic carbocycles. The molecule has 0 bridgehead atoms. The van der Waals surface area contributed by atoms with E-state index in [0.29, 0.717) is 12.1 Å². The van der Waals surface area contributed by atoms with Crippen LogP contribution in [-0.4, -0.2) is 52.2 Å². The highest BCUT2D eigenvalue weighted by molar-refractivity contribution is 7.14. The van der Waals surface area contributed by atoms with Gasteiger partial charge in [-0.1, -0.05) is 20.8 Å². The standard InChI is InChI=1S/C28H40N4O2S/c1-17(2)29-26-31-23(16-35-26)22-14-24(20-11-10-18(33-9)12-21(20)30-22)34-19-13-25(27(3,4)5)32(15-19)28(6,7)8/h10-12,14,16-17,19,25H,13,15H2,1-9H3,(H,29,31). The van der Waals surface area contributed by atoms with Gasteiger partial charge in [0.05, 0.1) is 18.3 Å². The molecule has 190 valence electrons. The van der Waals surface area contributed by atoms with Gasteiger partial charge in [0.15, 0.2) is 5.13 Å². The zero-order valence-corrected chi connectivity index (χ0v) is 23.4. The number of hydrogen-bond acceptors (Lipinski definition) is 7. The summed E-state index contributed by atoms with van der Waals surface area (Å²) in [5.74, 6) is 1.63. The molecule has 7 heteroatoms. The van der Waals surface area contributed by atoms with E-state index < -0.39 is 0 Å². The van der Waals surface area contributed by atoms with Gasteiger partial charge >= 0.3 is 0 Å². The van der Waals surface area contributed by atoms with Crippen molar-refractivity contribution in [1.82, 2.24) is 14.9 Å². The van der Waals surface area contributed by atoms with E-state index in [0.717, 1.165) is 51.9 Å². The highest BCUT2D eigenvalue weighted by atomic mass is 32.1. The quantitative estimate of drug-likeness (QED) is 0.403. The minimum Gasteiger partial charge on any atom is -0.497 e. The number of anilines is 1. The van der Waals surface area contributed by atoms with Crippen LogP contribution in [0.15, 0.2) is 29.6 Å². The van der Waals surface area contributed by atoms with Gasteiger partial charge in [-0.05, 0) is 52.2 Å². The first-order chi connectivity index (χ1) is 16.3. The van der Waals surface area contributed by atoms with Gasteiger partial charge in [0.1, 0.15) is 23.3 Å². The molecular weight excluding hydrogens is 456 g/mol. The van der Waals surface area contributed by atoms with Crippen LogP contribution in [0.25, 0.3) is 22.3 Å². The van der Waals surface area contributed by atoms with Crippen LogP contribution in [0.2, 0.25) is 0 Å². The average Bonchev–Trinajstić information content (AvgIpc) is 3.40. The molecule has 1 aliphatic rings. The number of rotatable bonds is 6. The summed E-state index contributed by atoms with van der Waals surface area (Å²) in [6, 6.07) is 8.81. The van der Waals surface area contributed by atoms with Crippen molar-refractivity contribution >= 4 is 27.4 Å². The van der Waals surface area contributed by atoms with Crippen LogP contribution >= 0.6 is 11.3 Å². The predicted molar refractivity (Wildman–Crippen MR) is 147 cm³/mol. The fraction of sp³-hybridized carbons (Fsp3) is 0.571. The second kappa shape index (κ2) is 9.58. The van der Waals surface area contributed by atoms with E-state index in [1.54, 1.807) is 18.4 Å². The van der Waals surface area contributed by atoms with Gasteiger partial charge in [0.2, 0.25) is 0 Å². The molecule has 1 saturated heterocycles. The van der Waals surface area contributed by atoms with E-state index in [-0.39, 0.29) is 17.1 Å². The van der Waals surface area contributed by atoms with Gasteiger partial charge in [-0.15, -0.1) is 11.3 Å². The lowest BCUT2D eigenvalue weighted by Gasteiger charge is -2.42. The molecule has 2 unspecified atom stereocenters. The lowest BCUT2D eigenvalue weighted by Crippen LogP contribution is -2.49. The summed E-state index contributed by atoms with van der Waals surface area (Å²) in [4.78, 5) is 12.3. The van der Waals surface area contributed by atoms with E-state index >= 15 is 0 Å². The van der Waals surface area contributed by atoms with Crippen LogP contribution in [0, 0.1) is 5.41 Å². The van der Waals surface area contributed by atoms with Gasteiger partial charge in [-0.3, -0.25) is 4.90 Å². The summed E-state index contributed by atoms with van der Waals surface area (Å²) in [6.45, 7) is 19.0. The molecule has 0 radical (unpaired) electrons.